The molecule has 1 aliphatic rings. The first-order valence-corrected chi connectivity index (χ1v) is 12.9. The van der Waals surface area contributed by atoms with Gasteiger partial charge in [-0.05, 0) is 43.9 Å². The molecule has 3 heterocycles. The first kappa shape index (κ1) is 24.4. The number of anilines is 1. The molecule has 3 atom stereocenters. The number of aliphatic hydroxyl groups excluding tert-OH is 1. The molecule has 0 bridgehead atoms. The maximum atomic E-state index is 13.3. The average molecular weight is 507 g/mol. The van der Waals surface area contributed by atoms with Crippen LogP contribution in [-0.2, 0) is 21.0 Å². The van der Waals surface area contributed by atoms with Gasteiger partial charge in [-0.3, -0.25) is 13.7 Å². The Balaban J connectivity index is 1.47. The normalized spacial score (nSPS) is 20.5. The minimum atomic E-state index is -4.08. The number of thiophene rings is 1. The number of carbonyl (C=O) groups is 1. The highest BCUT2D eigenvalue weighted by molar-refractivity contribution is 7.84. The van der Waals surface area contributed by atoms with E-state index in [2.05, 4.69) is 24.6 Å². The molecule has 0 amide bonds. The Hall–Kier alpha value is -2.71. The van der Waals surface area contributed by atoms with E-state index in [1.165, 1.54) is 23.9 Å². The summed E-state index contributed by atoms with van der Waals surface area (Å²) < 4.78 is 28.6. The summed E-state index contributed by atoms with van der Waals surface area (Å²) in [5, 5.41) is 22.7. The van der Waals surface area contributed by atoms with Crippen molar-refractivity contribution in [3.05, 3.63) is 57.4 Å². The van der Waals surface area contributed by atoms with E-state index in [0.29, 0.717) is 35.6 Å². The van der Waals surface area contributed by atoms with Crippen LogP contribution in [0.15, 0.2) is 31.0 Å². The van der Waals surface area contributed by atoms with Crippen LogP contribution in [-0.4, -0.2) is 57.8 Å². The molecule has 1 fully saturated rings. The maximum absolute atomic E-state index is 13.3. The van der Waals surface area contributed by atoms with Gasteiger partial charge < -0.3 is 10.4 Å². The standard InChI is InChI=1S/C21H26N6O5S2/c1-12-6-25-27(8-12)9-14-4-19(33-13(14)2)20(29)17-7-23-11-24-21(17)26-16-3-15(18(28)5-16)10-32-34(22,30)31/h4,6-8,11,15-16,18,28H,3,5,9-10H2,1-2H3,(H2,22,30,31)(H,23,24,26)/t15-,16-,18+/m1/s1. The Morgan fingerprint density at radius 3 is 2.85 bits per heavy atom. The zero-order valence-electron chi connectivity index (χ0n) is 18.7. The van der Waals surface area contributed by atoms with Crippen molar-refractivity contribution in [2.24, 2.45) is 11.1 Å². The smallest absolute Gasteiger partial charge is 0.333 e. The van der Waals surface area contributed by atoms with Crippen LogP contribution in [0.4, 0.5) is 5.82 Å². The van der Waals surface area contributed by atoms with Gasteiger partial charge in [-0.15, -0.1) is 11.3 Å². The lowest BCUT2D eigenvalue weighted by atomic mass is 10.1. The van der Waals surface area contributed by atoms with E-state index in [0.717, 1.165) is 16.0 Å². The van der Waals surface area contributed by atoms with Crippen LogP contribution >= 0.6 is 11.3 Å². The van der Waals surface area contributed by atoms with E-state index in [1.807, 2.05) is 30.8 Å². The highest BCUT2D eigenvalue weighted by atomic mass is 32.2. The summed E-state index contributed by atoms with van der Waals surface area (Å²) in [6.07, 6.45) is 6.56. The van der Waals surface area contributed by atoms with Crippen molar-refractivity contribution >= 4 is 33.2 Å². The van der Waals surface area contributed by atoms with Gasteiger partial charge in [-0.1, -0.05) is 0 Å². The predicted molar refractivity (Wildman–Crippen MR) is 126 cm³/mol. The molecule has 0 spiro atoms. The van der Waals surface area contributed by atoms with E-state index in [4.69, 9.17) is 5.14 Å². The molecule has 4 rings (SSSR count). The van der Waals surface area contributed by atoms with Gasteiger partial charge in [0, 0.05) is 29.2 Å². The predicted octanol–water partition coefficient (Wildman–Crippen LogP) is 1.40. The Kier molecular flexibility index (Phi) is 7.09. The molecule has 3 aromatic heterocycles. The number of hydrogen-bond acceptors (Lipinski definition) is 10. The van der Waals surface area contributed by atoms with Crippen molar-refractivity contribution < 1.29 is 22.5 Å². The highest BCUT2D eigenvalue weighted by Crippen LogP contribution is 2.31. The third-order valence-corrected chi connectivity index (χ3v) is 7.30. The fourth-order valence-electron chi connectivity index (χ4n) is 4.04. The second kappa shape index (κ2) is 9.88. The van der Waals surface area contributed by atoms with Gasteiger partial charge in [0.1, 0.15) is 12.1 Å². The highest BCUT2D eigenvalue weighted by Gasteiger charge is 2.34. The quantitative estimate of drug-likeness (QED) is 0.364. The zero-order chi connectivity index (χ0) is 24.5. The number of aromatic nitrogens is 4. The monoisotopic (exact) mass is 506 g/mol. The second-order valence-electron chi connectivity index (χ2n) is 8.44. The number of hydrogen-bond donors (Lipinski definition) is 3. The van der Waals surface area contributed by atoms with Gasteiger partial charge in [0.05, 0.1) is 35.9 Å². The summed E-state index contributed by atoms with van der Waals surface area (Å²) in [4.78, 5) is 23.2. The van der Waals surface area contributed by atoms with Crippen LogP contribution in [0.25, 0.3) is 0 Å². The summed E-state index contributed by atoms with van der Waals surface area (Å²) in [7, 11) is -4.08. The molecule has 0 aromatic carbocycles. The first-order chi connectivity index (χ1) is 16.1. The lowest BCUT2D eigenvalue weighted by Gasteiger charge is -2.15. The Bertz CT molecular complexity index is 1290. The molecule has 3 aromatic rings. The van der Waals surface area contributed by atoms with E-state index >= 15 is 0 Å². The largest absolute Gasteiger partial charge is 0.393 e. The van der Waals surface area contributed by atoms with Gasteiger partial charge in [-0.2, -0.15) is 13.5 Å². The molecule has 0 saturated heterocycles. The van der Waals surface area contributed by atoms with Crippen molar-refractivity contribution in [1.82, 2.24) is 19.7 Å². The maximum Gasteiger partial charge on any atom is 0.333 e. The van der Waals surface area contributed by atoms with Crippen LogP contribution < -0.4 is 10.5 Å². The minimum Gasteiger partial charge on any atom is -0.393 e. The van der Waals surface area contributed by atoms with Gasteiger partial charge in [0.15, 0.2) is 0 Å². The van der Waals surface area contributed by atoms with Crippen molar-refractivity contribution in [2.45, 2.75) is 45.4 Å². The number of nitrogens with one attached hydrogen (secondary N) is 1. The van der Waals surface area contributed by atoms with E-state index in [9.17, 15) is 18.3 Å². The van der Waals surface area contributed by atoms with Gasteiger partial charge in [-0.25, -0.2) is 15.1 Å². The lowest BCUT2D eigenvalue weighted by Crippen LogP contribution is -2.24. The fraction of sp³-hybridized carbons (Fsp3) is 0.429. The summed E-state index contributed by atoms with van der Waals surface area (Å²) in [6.45, 7) is 4.31. The molecule has 182 valence electrons. The summed E-state index contributed by atoms with van der Waals surface area (Å²) in [5.41, 5.74) is 2.40. The molecule has 13 heteroatoms. The van der Waals surface area contributed by atoms with Crippen molar-refractivity contribution in [3.63, 3.8) is 0 Å². The number of rotatable bonds is 9. The van der Waals surface area contributed by atoms with Crippen molar-refractivity contribution in [2.75, 3.05) is 11.9 Å². The third kappa shape index (κ3) is 5.85. The molecule has 11 nitrogen and oxygen atoms in total. The molecule has 4 N–H and O–H groups in total. The molecule has 1 aliphatic carbocycles. The van der Waals surface area contributed by atoms with Crippen LogP contribution in [0.1, 0.15) is 44.1 Å². The lowest BCUT2D eigenvalue weighted by molar-refractivity contribution is 0.101. The molecular formula is C21H26N6O5S2. The zero-order valence-corrected chi connectivity index (χ0v) is 20.3. The number of aryl methyl sites for hydroxylation is 2. The van der Waals surface area contributed by atoms with Gasteiger partial charge in [0.2, 0.25) is 5.78 Å². The van der Waals surface area contributed by atoms with Crippen molar-refractivity contribution in [3.8, 4) is 0 Å². The van der Waals surface area contributed by atoms with Crippen LogP contribution in [0.3, 0.4) is 0 Å². The molecule has 0 radical (unpaired) electrons. The van der Waals surface area contributed by atoms with E-state index < -0.39 is 22.3 Å². The summed E-state index contributed by atoms with van der Waals surface area (Å²) >= 11 is 1.41. The average Bonchev–Trinajstić information content (AvgIpc) is 3.45. The van der Waals surface area contributed by atoms with E-state index in [1.54, 1.807) is 6.20 Å². The number of ketones is 1. The van der Waals surface area contributed by atoms with Gasteiger partial charge in [0.25, 0.3) is 0 Å². The van der Waals surface area contributed by atoms with Crippen LogP contribution in [0.2, 0.25) is 0 Å². The SMILES string of the molecule is Cc1cnn(Cc2cc(C(=O)c3cncnc3N[C@@H]3C[C@H](COS(N)(=O)=O)[C@@H](O)C3)sc2C)c1. The Labute approximate surface area is 201 Å². The van der Waals surface area contributed by atoms with E-state index in [-0.39, 0.29) is 18.4 Å². The molecular weight excluding hydrogens is 480 g/mol. The summed E-state index contributed by atoms with van der Waals surface area (Å²) in [5.74, 6) is -0.252. The molecule has 1 saturated carbocycles. The Morgan fingerprint density at radius 1 is 1.35 bits per heavy atom. The minimum absolute atomic E-state index is 0.202. The molecule has 0 unspecified atom stereocenters. The van der Waals surface area contributed by atoms with Crippen LogP contribution in [0.5, 0.6) is 0 Å². The molecule has 34 heavy (non-hydrogen) atoms. The van der Waals surface area contributed by atoms with Crippen LogP contribution in [0, 0.1) is 19.8 Å². The first-order valence-electron chi connectivity index (χ1n) is 10.6. The number of nitrogens with two attached hydrogens (primary N) is 1. The fourth-order valence-corrected chi connectivity index (χ4v) is 5.39. The Morgan fingerprint density at radius 2 is 2.15 bits per heavy atom. The summed E-state index contributed by atoms with van der Waals surface area (Å²) in [6, 6.07) is 1.64. The van der Waals surface area contributed by atoms with Gasteiger partial charge >= 0.3 is 10.3 Å². The van der Waals surface area contributed by atoms with Crippen molar-refractivity contribution in [1.29, 1.82) is 0 Å². The number of nitrogens with zero attached hydrogens (tertiary/aromatic N) is 4. The second-order valence-corrected chi connectivity index (χ2v) is 10.9. The number of carbonyl (C=O) groups excluding carboxylic acids is 1. The third-order valence-electron chi connectivity index (χ3n) is 5.74. The number of aliphatic hydroxyl groups is 1. The molecule has 0 aliphatic heterocycles. The topological polar surface area (TPSA) is 162 Å².